The largest absolute Gasteiger partial charge is 0.207 e. The highest BCUT2D eigenvalue weighted by molar-refractivity contribution is 9.10. The topological polar surface area (TPSA) is 0 Å². The van der Waals surface area contributed by atoms with Crippen molar-refractivity contribution in [1.29, 1.82) is 0 Å². The molecule has 0 bridgehead atoms. The molecule has 0 aliphatic heterocycles. The molecule has 0 aliphatic carbocycles. The van der Waals surface area contributed by atoms with Gasteiger partial charge >= 0.3 is 0 Å². The summed E-state index contributed by atoms with van der Waals surface area (Å²) in [5.41, 5.74) is 1.20. The van der Waals surface area contributed by atoms with Crippen molar-refractivity contribution in [3.05, 3.63) is 69.7 Å². The average molecular weight is 390 g/mol. The lowest BCUT2D eigenvalue weighted by Gasteiger charge is -2.16. The fraction of sp³-hybridized carbons (Fsp3) is 0.200. The zero-order valence-electron chi connectivity index (χ0n) is 10.0. The van der Waals surface area contributed by atoms with E-state index >= 15 is 0 Å². The zero-order valence-corrected chi connectivity index (χ0v) is 13.2. The molecule has 0 aliphatic rings. The summed E-state index contributed by atoms with van der Waals surface area (Å²) >= 11 is 6.83. The maximum absolute atomic E-state index is 13.7. The highest BCUT2D eigenvalue weighted by Crippen LogP contribution is 2.27. The van der Waals surface area contributed by atoms with Crippen LogP contribution in [0.5, 0.6) is 0 Å². The summed E-state index contributed by atoms with van der Waals surface area (Å²) in [6.07, 6.45) is 0.334. The van der Waals surface area contributed by atoms with Crippen LogP contribution in [0.25, 0.3) is 0 Å². The SMILES string of the molecule is Fc1cccc(F)c1CC(CBr)c1cccc(Br)c1. The lowest BCUT2D eigenvalue weighted by molar-refractivity contribution is 0.545. The summed E-state index contributed by atoms with van der Waals surface area (Å²) in [6, 6.07) is 11.8. The van der Waals surface area contributed by atoms with Gasteiger partial charge in [-0.15, -0.1) is 0 Å². The number of rotatable bonds is 4. The van der Waals surface area contributed by atoms with E-state index in [1.807, 2.05) is 24.3 Å². The van der Waals surface area contributed by atoms with Crippen molar-refractivity contribution in [1.82, 2.24) is 0 Å². The Balaban J connectivity index is 2.29. The van der Waals surface area contributed by atoms with Crippen molar-refractivity contribution in [2.75, 3.05) is 5.33 Å². The van der Waals surface area contributed by atoms with Gasteiger partial charge in [0.15, 0.2) is 0 Å². The normalized spacial score (nSPS) is 12.4. The molecular weight excluding hydrogens is 378 g/mol. The Bertz CT molecular complexity index is 550. The van der Waals surface area contributed by atoms with E-state index in [2.05, 4.69) is 31.9 Å². The number of alkyl halides is 1. The molecule has 0 spiro atoms. The van der Waals surface area contributed by atoms with E-state index in [1.54, 1.807) is 0 Å². The first-order chi connectivity index (χ1) is 9.11. The van der Waals surface area contributed by atoms with Crippen LogP contribution in [0.1, 0.15) is 17.0 Å². The Morgan fingerprint density at radius 1 is 1.00 bits per heavy atom. The van der Waals surface area contributed by atoms with Crippen LogP contribution in [0, 0.1) is 11.6 Å². The van der Waals surface area contributed by atoms with Gasteiger partial charge < -0.3 is 0 Å². The van der Waals surface area contributed by atoms with E-state index in [1.165, 1.54) is 18.2 Å². The third-order valence-corrected chi connectivity index (χ3v) is 4.29. The van der Waals surface area contributed by atoms with Gasteiger partial charge in [0, 0.05) is 15.4 Å². The molecule has 2 aromatic carbocycles. The molecular formula is C15H12Br2F2. The van der Waals surface area contributed by atoms with Gasteiger partial charge in [0.05, 0.1) is 0 Å². The Morgan fingerprint density at radius 2 is 1.63 bits per heavy atom. The smallest absolute Gasteiger partial charge is 0.129 e. The predicted molar refractivity (Wildman–Crippen MR) is 80.7 cm³/mol. The standard InChI is InChI=1S/C15H12Br2F2/c16-9-11(10-3-1-4-12(17)7-10)8-13-14(18)5-2-6-15(13)19/h1-7,11H,8-9H2. The van der Waals surface area contributed by atoms with Gasteiger partial charge in [-0.25, -0.2) is 8.78 Å². The van der Waals surface area contributed by atoms with Gasteiger partial charge in [0.1, 0.15) is 11.6 Å². The zero-order chi connectivity index (χ0) is 13.8. The molecule has 2 aromatic rings. The van der Waals surface area contributed by atoms with Crippen LogP contribution in [-0.4, -0.2) is 5.33 Å². The van der Waals surface area contributed by atoms with Crippen LogP contribution in [0.2, 0.25) is 0 Å². The second-order valence-electron chi connectivity index (χ2n) is 4.31. The van der Waals surface area contributed by atoms with E-state index in [0.29, 0.717) is 11.8 Å². The summed E-state index contributed by atoms with van der Waals surface area (Å²) in [5, 5.41) is 0.650. The van der Waals surface area contributed by atoms with E-state index in [4.69, 9.17) is 0 Å². The molecule has 0 radical (unpaired) electrons. The third-order valence-electron chi connectivity index (χ3n) is 3.02. The second-order valence-corrected chi connectivity index (χ2v) is 5.87. The minimum absolute atomic E-state index is 0.0314. The fourth-order valence-corrected chi connectivity index (χ4v) is 3.02. The first-order valence-corrected chi connectivity index (χ1v) is 7.77. The van der Waals surface area contributed by atoms with Crippen molar-refractivity contribution in [3.63, 3.8) is 0 Å². The minimum Gasteiger partial charge on any atom is -0.207 e. The molecule has 19 heavy (non-hydrogen) atoms. The number of halogens is 4. The summed E-state index contributed by atoms with van der Waals surface area (Å²) in [4.78, 5) is 0. The van der Waals surface area contributed by atoms with Gasteiger partial charge in [0.2, 0.25) is 0 Å². The summed E-state index contributed by atoms with van der Waals surface area (Å²) in [6.45, 7) is 0. The van der Waals surface area contributed by atoms with Crippen molar-refractivity contribution >= 4 is 31.9 Å². The maximum atomic E-state index is 13.7. The van der Waals surface area contributed by atoms with Gasteiger partial charge in [-0.1, -0.05) is 50.1 Å². The van der Waals surface area contributed by atoms with E-state index in [9.17, 15) is 8.78 Å². The highest BCUT2D eigenvalue weighted by Gasteiger charge is 2.16. The second kappa shape index (κ2) is 6.62. The summed E-state index contributed by atoms with van der Waals surface area (Å²) in [5.74, 6) is -0.939. The molecule has 0 saturated carbocycles. The van der Waals surface area contributed by atoms with E-state index in [-0.39, 0.29) is 11.5 Å². The molecule has 2 rings (SSSR count). The number of hydrogen-bond acceptors (Lipinski definition) is 0. The van der Waals surface area contributed by atoms with E-state index < -0.39 is 11.6 Å². The molecule has 0 fully saturated rings. The quantitative estimate of drug-likeness (QED) is 0.610. The van der Waals surface area contributed by atoms with Crippen LogP contribution in [0.4, 0.5) is 8.78 Å². The van der Waals surface area contributed by atoms with Crippen LogP contribution in [0.3, 0.4) is 0 Å². The minimum atomic E-state index is -0.485. The van der Waals surface area contributed by atoms with E-state index in [0.717, 1.165) is 10.0 Å². The Kier molecular flexibility index (Phi) is 5.11. The van der Waals surface area contributed by atoms with Crippen LogP contribution >= 0.6 is 31.9 Å². The first-order valence-electron chi connectivity index (χ1n) is 5.86. The van der Waals surface area contributed by atoms with Gasteiger partial charge in [0.25, 0.3) is 0 Å². The summed E-state index contributed by atoms with van der Waals surface area (Å²) < 4.78 is 28.3. The molecule has 4 heteroatoms. The van der Waals surface area contributed by atoms with Crippen LogP contribution in [0.15, 0.2) is 46.9 Å². The van der Waals surface area contributed by atoms with Crippen molar-refractivity contribution in [2.24, 2.45) is 0 Å². The molecule has 0 saturated heterocycles. The molecule has 1 atom stereocenters. The Hall–Kier alpha value is -0.740. The van der Waals surface area contributed by atoms with Gasteiger partial charge in [-0.2, -0.15) is 0 Å². The Morgan fingerprint density at radius 3 is 2.21 bits per heavy atom. The van der Waals surface area contributed by atoms with Gasteiger partial charge in [-0.3, -0.25) is 0 Å². The lowest BCUT2D eigenvalue weighted by Crippen LogP contribution is -2.08. The molecule has 0 heterocycles. The van der Waals surface area contributed by atoms with Crippen molar-refractivity contribution in [2.45, 2.75) is 12.3 Å². The summed E-state index contributed by atoms with van der Waals surface area (Å²) in [7, 11) is 0. The van der Waals surface area contributed by atoms with Crippen molar-refractivity contribution in [3.8, 4) is 0 Å². The molecule has 1 unspecified atom stereocenters. The number of hydrogen-bond donors (Lipinski definition) is 0. The maximum Gasteiger partial charge on any atom is 0.129 e. The monoisotopic (exact) mass is 388 g/mol. The van der Waals surface area contributed by atoms with Crippen molar-refractivity contribution < 1.29 is 8.78 Å². The molecule has 0 nitrogen and oxygen atoms in total. The van der Waals surface area contributed by atoms with Gasteiger partial charge in [-0.05, 0) is 42.2 Å². The fourth-order valence-electron chi connectivity index (χ4n) is 2.00. The molecule has 0 amide bonds. The molecule has 0 aromatic heterocycles. The lowest BCUT2D eigenvalue weighted by atomic mass is 9.93. The predicted octanol–water partition coefficient (Wildman–Crippen LogP) is 5.45. The Labute approximate surface area is 128 Å². The molecule has 0 N–H and O–H groups in total. The number of benzene rings is 2. The van der Waals surface area contributed by atoms with Crippen LogP contribution in [-0.2, 0) is 6.42 Å². The highest BCUT2D eigenvalue weighted by atomic mass is 79.9. The first kappa shape index (κ1) is 14.7. The average Bonchev–Trinajstić information content (AvgIpc) is 2.38. The van der Waals surface area contributed by atoms with Crippen LogP contribution < -0.4 is 0 Å². The third kappa shape index (κ3) is 3.63. The molecule has 100 valence electrons.